The largest absolute Gasteiger partial charge is 0.457 e. The summed E-state index contributed by atoms with van der Waals surface area (Å²) in [5.74, 6) is -0.666. The summed E-state index contributed by atoms with van der Waals surface area (Å²) >= 11 is 0. The second-order valence-corrected chi connectivity index (χ2v) is 5.29. The fourth-order valence-electron chi connectivity index (χ4n) is 2.15. The minimum absolute atomic E-state index is 0.00613. The second-order valence-electron chi connectivity index (χ2n) is 5.29. The van der Waals surface area contributed by atoms with Gasteiger partial charge in [0.2, 0.25) is 0 Å². The van der Waals surface area contributed by atoms with E-state index in [1.165, 1.54) is 25.3 Å². The summed E-state index contributed by atoms with van der Waals surface area (Å²) in [6, 6.07) is 12.7. The van der Waals surface area contributed by atoms with Crippen LogP contribution in [0.5, 0.6) is 0 Å². The maximum Gasteiger partial charge on any atom is 0.338 e. The Kier molecular flexibility index (Phi) is 6.65. The van der Waals surface area contributed by atoms with Crippen molar-refractivity contribution in [3.05, 3.63) is 69.3 Å². The van der Waals surface area contributed by atoms with E-state index in [2.05, 4.69) is 5.32 Å². The van der Waals surface area contributed by atoms with Gasteiger partial charge < -0.3 is 14.8 Å². The fraction of sp³-hybridized carbons (Fsp3) is 0.222. The van der Waals surface area contributed by atoms with E-state index in [0.717, 1.165) is 0 Å². The molecule has 0 aromatic heterocycles. The van der Waals surface area contributed by atoms with Gasteiger partial charge >= 0.3 is 5.97 Å². The number of nitrogens with zero attached hydrogens (tertiary/aromatic N) is 2. The Balaban J connectivity index is 2.06. The van der Waals surface area contributed by atoms with Crippen molar-refractivity contribution in [2.24, 2.45) is 0 Å². The van der Waals surface area contributed by atoms with E-state index in [0.29, 0.717) is 30.0 Å². The summed E-state index contributed by atoms with van der Waals surface area (Å²) in [5.41, 5.74) is 1.39. The highest BCUT2D eigenvalue weighted by Crippen LogP contribution is 2.26. The Hall–Kier alpha value is -3.44. The number of carbonyl (C=O) groups is 1. The molecule has 26 heavy (non-hydrogen) atoms. The molecule has 2 rings (SSSR count). The van der Waals surface area contributed by atoms with Gasteiger partial charge in [0.05, 0.1) is 28.7 Å². The van der Waals surface area contributed by atoms with Crippen LogP contribution >= 0.6 is 0 Å². The zero-order valence-corrected chi connectivity index (χ0v) is 14.1. The first-order valence-electron chi connectivity index (χ1n) is 7.72. The van der Waals surface area contributed by atoms with Gasteiger partial charge in [-0.1, -0.05) is 12.1 Å². The zero-order valence-electron chi connectivity index (χ0n) is 14.1. The number of methoxy groups -OCH3 is 1. The molecular weight excluding hydrogens is 338 g/mol. The molecule has 0 atom stereocenters. The first kappa shape index (κ1) is 18.9. The van der Waals surface area contributed by atoms with Crippen molar-refractivity contribution in [2.75, 3.05) is 25.6 Å². The summed E-state index contributed by atoms with van der Waals surface area (Å²) in [6.07, 6.45) is 0. The molecule has 0 aliphatic carbocycles. The fourth-order valence-corrected chi connectivity index (χ4v) is 2.15. The van der Waals surface area contributed by atoms with Gasteiger partial charge in [-0.2, -0.15) is 5.26 Å². The number of rotatable bonds is 8. The number of carbonyl (C=O) groups excluding carboxylic acids is 1. The van der Waals surface area contributed by atoms with Gasteiger partial charge in [-0.15, -0.1) is 0 Å². The van der Waals surface area contributed by atoms with Gasteiger partial charge in [-0.25, -0.2) is 4.79 Å². The first-order chi connectivity index (χ1) is 12.5. The van der Waals surface area contributed by atoms with Gasteiger partial charge in [0.1, 0.15) is 12.3 Å². The number of hydrogen-bond donors (Lipinski definition) is 1. The van der Waals surface area contributed by atoms with Crippen molar-refractivity contribution < 1.29 is 19.2 Å². The molecule has 0 heterocycles. The standard InChI is InChI=1S/C18H17N3O5/c1-25-9-8-20-16-7-6-15(10-17(16)21(23)24)18(22)26-12-14-4-2-13(11-19)3-5-14/h2-7,10,20H,8-9,12H2,1H3. The maximum atomic E-state index is 12.2. The van der Waals surface area contributed by atoms with E-state index < -0.39 is 10.9 Å². The van der Waals surface area contributed by atoms with E-state index in [1.807, 2.05) is 6.07 Å². The van der Waals surface area contributed by atoms with E-state index >= 15 is 0 Å². The van der Waals surface area contributed by atoms with Gasteiger partial charge in [-0.3, -0.25) is 10.1 Å². The van der Waals surface area contributed by atoms with Crippen LogP contribution in [0.3, 0.4) is 0 Å². The predicted molar refractivity (Wildman–Crippen MR) is 93.7 cm³/mol. The number of nitro groups is 1. The minimum atomic E-state index is -0.666. The third-order valence-corrected chi connectivity index (χ3v) is 3.50. The highest BCUT2D eigenvalue weighted by atomic mass is 16.6. The van der Waals surface area contributed by atoms with Crippen LogP contribution in [0, 0.1) is 21.4 Å². The SMILES string of the molecule is COCCNc1ccc(C(=O)OCc2ccc(C#N)cc2)cc1[N+](=O)[O-]. The highest BCUT2D eigenvalue weighted by Gasteiger charge is 2.18. The average Bonchev–Trinajstić information content (AvgIpc) is 2.66. The van der Waals surface area contributed by atoms with Gasteiger partial charge in [0.15, 0.2) is 0 Å². The second kappa shape index (κ2) is 9.15. The lowest BCUT2D eigenvalue weighted by Gasteiger charge is -2.09. The molecule has 0 fully saturated rings. The quantitative estimate of drug-likeness (QED) is 0.335. The molecule has 0 spiro atoms. The number of anilines is 1. The molecule has 0 unspecified atom stereocenters. The Morgan fingerprint density at radius 1 is 1.27 bits per heavy atom. The Morgan fingerprint density at radius 2 is 2.00 bits per heavy atom. The maximum absolute atomic E-state index is 12.2. The van der Waals surface area contributed by atoms with Crippen LogP contribution in [-0.2, 0) is 16.1 Å². The lowest BCUT2D eigenvalue weighted by Crippen LogP contribution is -2.11. The van der Waals surface area contributed by atoms with Crippen LogP contribution in [0.2, 0.25) is 0 Å². The zero-order chi connectivity index (χ0) is 18.9. The number of nitriles is 1. The summed E-state index contributed by atoms with van der Waals surface area (Å²) in [6.45, 7) is 0.803. The van der Waals surface area contributed by atoms with Crippen LogP contribution < -0.4 is 5.32 Å². The summed E-state index contributed by atoms with van der Waals surface area (Å²) in [5, 5.41) is 22.9. The molecule has 134 valence electrons. The lowest BCUT2D eigenvalue weighted by molar-refractivity contribution is -0.384. The number of nitro benzene ring substituents is 1. The lowest BCUT2D eigenvalue weighted by atomic mass is 10.1. The molecule has 2 aromatic rings. The summed E-state index contributed by atoms with van der Waals surface area (Å²) in [7, 11) is 1.53. The van der Waals surface area contributed by atoms with E-state index in [-0.39, 0.29) is 17.9 Å². The molecule has 8 nitrogen and oxygen atoms in total. The van der Waals surface area contributed by atoms with Crippen LogP contribution in [0.15, 0.2) is 42.5 Å². The van der Waals surface area contributed by atoms with Crippen molar-refractivity contribution in [3.8, 4) is 6.07 Å². The molecular formula is C18H17N3O5. The van der Waals surface area contributed by atoms with Gasteiger partial charge in [-0.05, 0) is 29.8 Å². The van der Waals surface area contributed by atoms with Crippen molar-refractivity contribution >= 4 is 17.3 Å². The number of benzene rings is 2. The number of hydrogen-bond acceptors (Lipinski definition) is 7. The normalized spacial score (nSPS) is 10.0. The minimum Gasteiger partial charge on any atom is -0.457 e. The van der Waals surface area contributed by atoms with Crippen LogP contribution in [0.4, 0.5) is 11.4 Å². The Labute approximate surface area is 150 Å². The Bertz CT molecular complexity index is 828. The van der Waals surface area contributed by atoms with E-state index in [9.17, 15) is 14.9 Å². The molecule has 0 saturated carbocycles. The van der Waals surface area contributed by atoms with Crippen molar-refractivity contribution in [3.63, 3.8) is 0 Å². The molecule has 0 bridgehead atoms. The number of esters is 1. The summed E-state index contributed by atoms with van der Waals surface area (Å²) < 4.78 is 10.1. The molecule has 0 aliphatic rings. The first-order valence-corrected chi connectivity index (χ1v) is 7.72. The smallest absolute Gasteiger partial charge is 0.338 e. The van der Waals surface area contributed by atoms with E-state index in [4.69, 9.17) is 14.7 Å². The molecule has 0 saturated heterocycles. The summed E-state index contributed by atoms with van der Waals surface area (Å²) in [4.78, 5) is 22.8. The topological polar surface area (TPSA) is 114 Å². The highest BCUT2D eigenvalue weighted by molar-refractivity contribution is 5.91. The number of ether oxygens (including phenoxy) is 2. The third kappa shape index (κ3) is 5.03. The monoisotopic (exact) mass is 355 g/mol. The van der Waals surface area contributed by atoms with Crippen molar-refractivity contribution in [1.82, 2.24) is 0 Å². The van der Waals surface area contributed by atoms with Crippen LogP contribution in [-0.4, -0.2) is 31.2 Å². The third-order valence-electron chi connectivity index (χ3n) is 3.50. The van der Waals surface area contributed by atoms with Gasteiger partial charge in [0.25, 0.3) is 5.69 Å². The van der Waals surface area contributed by atoms with Crippen molar-refractivity contribution in [2.45, 2.75) is 6.61 Å². The molecule has 0 radical (unpaired) electrons. The average molecular weight is 355 g/mol. The molecule has 2 aromatic carbocycles. The van der Waals surface area contributed by atoms with Crippen molar-refractivity contribution in [1.29, 1.82) is 5.26 Å². The molecule has 0 amide bonds. The van der Waals surface area contributed by atoms with Gasteiger partial charge in [0, 0.05) is 19.7 Å². The predicted octanol–water partition coefficient (Wildman–Crippen LogP) is 2.88. The molecule has 0 aliphatic heterocycles. The molecule has 1 N–H and O–H groups in total. The molecule has 8 heteroatoms. The van der Waals surface area contributed by atoms with E-state index in [1.54, 1.807) is 24.3 Å². The van der Waals surface area contributed by atoms with Crippen LogP contribution in [0.1, 0.15) is 21.5 Å². The number of nitrogens with one attached hydrogen (secondary N) is 1. The Morgan fingerprint density at radius 3 is 2.62 bits per heavy atom. The van der Waals surface area contributed by atoms with Crippen LogP contribution in [0.25, 0.3) is 0 Å².